The average Bonchev–Trinajstić information content (AvgIpc) is 2.41. The number of aliphatic hydroxyl groups excluding tert-OH is 1. The minimum atomic E-state index is -0.703. The number of aliphatic hydroxyl groups is 1. The first kappa shape index (κ1) is 14.3. The van der Waals surface area contributed by atoms with Gasteiger partial charge in [-0.3, -0.25) is 4.79 Å². The zero-order chi connectivity index (χ0) is 13.7. The van der Waals surface area contributed by atoms with Crippen molar-refractivity contribution in [3.63, 3.8) is 0 Å². The third-order valence-electron chi connectivity index (χ3n) is 2.77. The predicted octanol–water partition coefficient (Wildman–Crippen LogP) is 1.05. The van der Waals surface area contributed by atoms with Gasteiger partial charge in [0.05, 0.1) is 13.2 Å². The highest BCUT2D eigenvalue weighted by Gasteiger charge is 2.21. The summed E-state index contributed by atoms with van der Waals surface area (Å²) >= 11 is 3.34. The first-order chi connectivity index (χ1) is 9.15. The lowest BCUT2D eigenvalue weighted by atomic mass is 10.3. The molecule has 1 N–H and O–H groups in total. The molecule has 0 spiro atoms. The average molecular weight is 330 g/mol. The molecule has 1 aliphatic rings. The minimum absolute atomic E-state index is 0.0889. The van der Waals surface area contributed by atoms with Crippen LogP contribution in [0.5, 0.6) is 5.75 Å². The molecule has 1 aromatic carbocycles. The third-order valence-corrected chi connectivity index (χ3v) is 3.30. The molecule has 0 aliphatic carbocycles. The maximum Gasteiger partial charge on any atom is 0.248 e. The Kier molecular flexibility index (Phi) is 5.18. The molecular weight excluding hydrogens is 314 g/mol. The second-order valence-corrected chi connectivity index (χ2v) is 5.23. The van der Waals surface area contributed by atoms with E-state index in [4.69, 9.17) is 9.47 Å². The molecule has 1 amide bonds. The van der Waals surface area contributed by atoms with E-state index in [-0.39, 0.29) is 25.7 Å². The molecule has 1 unspecified atom stereocenters. The highest BCUT2D eigenvalue weighted by molar-refractivity contribution is 9.10. The van der Waals surface area contributed by atoms with E-state index in [1.807, 2.05) is 24.3 Å². The Morgan fingerprint density at radius 2 is 2.16 bits per heavy atom. The summed E-state index contributed by atoms with van der Waals surface area (Å²) in [7, 11) is 0. The molecule has 1 atom stereocenters. The van der Waals surface area contributed by atoms with E-state index in [9.17, 15) is 9.90 Å². The molecule has 19 heavy (non-hydrogen) atoms. The van der Waals surface area contributed by atoms with Gasteiger partial charge in [0.2, 0.25) is 5.91 Å². The van der Waals surface area contributed by atoms with E-state index in [1.165, 1.54) is 0 Å². The molecular formula is C13H16BrNO4. The van der Waals surface area contributed by atoms with Crippen molar-refractivity contribution in [2.45, 2.75) is 6.10 Å². The fourth-order valence-corrected chi connectivity index (χ4v) is 2.04. The van der Waals surface area contributed by atoms with Crippen molar-refractivity contribution in [3.8, 4) is 5.75 Å². The van der Waals surface area contributed by atoms with Crippen molar-refractivity contribution in [1.29, 1.82) is 0 Å². The normalized spacial score (nSPS) is 17.4. The van der Waals surface area contributed by atoms with Crippen LogP contribution in [0.2, 0.25) is 0 Å². The fraction of sp³-hybridized carbons (Fsp3) is 0.462. The first-order valence-corrected chi connectivity index (χ1v) is 6.86. The maximum atomic E-state index is 11.5. The largest absolute Gasteiger partial charge is 0.491 e. The van der Waals surface area contributed by atoms with Crippen LogP contribution in [0.25, 0.3) is 0 Å². The van der Waals surface area contributed by atoms with Crippen LogP contribution >= 0.6 is 15.9 Å². The van der Waals surface area contributed by atoms with Crippen LogP contribution in [0, 0.1) is 0 Å². The number of rotatable bonds is 5. The Labute approximate surface area is 120 Å². The van der Waals surface area contributed by atoms with Gasteiger partial charge >= 0.3 is 0 Å². The number of hydrogen-bond donors (Lipinski definition) is 1. The van der Waals surface area contributed by atoms with Gasteiger partial charge in [-0.05, 0) is 24.3 Å². The number of benzene rings is 1. The Hall–Kier alpha value is -1.11. The van der Waals surface area contributed by atoms with Gasteiger partial charge in [-0.2, -0.15) is 0 Å². The number of nitrogens with zero attached hydrogens (tertiary/aromatic N) is 1. The summed E-state index contributed by atoms with van der Waals surface area (Å²) < 4.78 is 11.5. The number of β-amino-alcohol motifs (C(OH)–C–C–N with tert-alkyl or cyclic N) is 1. The van der Waals surface area contributed by atoms with Gasteiger partial charge in [-0.25, -0.2) is 0 Å². The van der Waals surface area contributed by atoms with Gasteiger partial charge in [0.25, 0.3) is 0 Å². The highest BCUT2D eigenvalue weighted by atomic mass is 79.9. The monoisotopic (exact) mass is 329 g/mol. The van der Waals surface area contributed by atoms with Gasteiger partial charge < -0.3 is 19.5 Å². The molecule has 1 fully saturated rings. The number of carbonyl (C=O) groups is 1. The number of amides is 1. The van der Waals surface area contributed by atoms with Gasteiger partial charge in [0.15, 0.2) is 0 Å². The van der Waals surface area contributed by atoms with Crippen molar-refractivity contribution in [2.75, 3.05) is 32.9 Å². The fourth-order valence-electron chi connectivity index (χ4n) is 1.77. The summed E-state index contributed by atoms with van der Waals surface area (Å²) in [6, 6.07) is 7.37. The topological polar surface area (TPSA) is 59.0 Å². The number of hydrogen-bond acceptors (Lipinski definition) is 4. The first-order valence-electron chi connectivity index (χ1n) is 6.07. The summed E-state index contributed by atoms with van der Waals surface area (Å²) in [6.07, 6.45) is -0.703. The molecule has 0 aromatic heterocycles. The molecule has 1 heterocycles. The van der Waals surface area contributed by atoms with Crippen LogP contribution in [0.15, 0.2) is 28.7 Å². The smallest absolute Gasteiger partial charge is 0.248 e. The van der Waals surface area contributed by atoms with Gasteiger partial charge in [-0.1, -0.05) is 15.9 Å². The summed E-state index contributed by atoms with van der Waals surface area (Å²) in [5.41, 5.74) is 0. The van der Waals surface area contributed by atoms with Gasteiger partial charge in [0.1, 0.15) is 25.1 Å². The number of ether oxygens (including phenoxy) is 2. The Morgan fingerprint density at radius 3 is 2.84 bits per heavy atom. The Bertz CT molecular complexity index is 423. The quantitative estimate of drug-likeness (QED) is 0.877. The molecule has 5 nitrogen and oxygen atoms in total. The van der Waals surface area contributed by atoms with Crippen LogP contribution in [0.1, 0.15) is 0 Å². The summed E-state index contributed by atoms with van der Waals surface area (Å²) in [5, 5.41) is 9.87. The maximum absolute atomic E-state index is 11.5. The minimum Gasteiger partial charge on any atom is -0.491 e. The molecule has 0 bridgehead atoms. The number of morpholine rings is 1. The molecule has 1 aromatic rings. The molecule has 0 saturated carbocycles. The summed E-state index contributed by atoms with van der Waals surface area (Å²) in [5.74, 6) is 0.601. The zero-order valence-electron chi connectivity index (χ0n) is 10.4. The SMILES string of the molecule is O=C1COCCN1CC(O)COc1ccc(Br)cc1. The van der Waals surface area contributed by atoms with Crippen molar-refractivity contribution in [3.05, 3.63) is 28.7 Å². The van der Waals surface area contributed by atoms with E-state index in [1.54, 1.807) is 4.90 Å². The molecule has 1 aliphatic heterocycles. The standard InChI is InChI=1S/C13H16BrNO4/c14-10-1-3-12(4-2-10)19-8-11(16)7-15-5-6-18-9-13(15)17/h1-4,11,16H,5-9H2. The molecule has 2 rings (SSSR count). The van der Waals surface area contributed by atoms with Crippen LogP contribution < -0.4 is 4.74 Å². The number of carbonyl (C=O) groups excluding carboxylic acids is 1. The van der Waals surface area contributed by atoms with Crippen molar-refractivity contribution < 1.29 is 19.4 Å². The lowest BCUT2D eigenvalue weighted by molar-refractivity contribution is -0.144. The van der Waals surface area contributed by atoms with E-state index in [2.05, 4.69) is 15.9 Å². The molecule has 104 valence electrons. The van der Waals surface area contributed by atoms with Crippen LogP contribution in [0.3, 0.4) is 0 Å². The van der Waals surface area contributed by atoms with Gasteiger partial charge in [-0.15, -0.1) is 0 Å². The Morgan fingerprint density at radius 1 is 1.42 bits per heavy atom. The lowest BCUT2D eigenvalue weighted by Gasteiger charge is -2.28. The highest BCUT2D eigenvalue weighted by Crippen LogP contribution is 2.16. The van der Waals surface area contributed by atoms with Crippen LogP contribution in [-0.2, 0) is 9.53 Å². The second-order valence-electron chi connectivity index (χ2n) is 4.31. The van der Waals surface area contributed by atoms with Crippen LogP contribution in [-0.4, -0.2) is 54.9 Å². The molecule has 6 heteroatoms. The predicted molar refractivity (Wildman–Crippen MR) is 73.0 cm³/mol. The van der Waals surface area contributed by atoms with Crippen molar-refractivity contribution >= 4 is 21.8 Å². The van der Waals surface area contributed by atoms with E-state index in [0.29, 0.717) is 18.9 Å². The molecule has 1 saturated heterocycles. The van der Waals surface area contributed by atoms with Crippen molar-refractivity contribution in [1.82, 2.24) is 4.90 Å². The number of halogens is 1. The second kappa shape index (κ2) is 6.88. The molecule has 0 radical (unpaired) electrons. The van der Waals surface area contributed by atoms with Crippen LogP contribution in [0.4, 0.5) is 0 Å². The Balaban J connectivity index is 1.76. The van der Waals surface area contributed by atoms with Gasteiger partial charge in [0, 0.05) is 11.0 Å². The van der Waals surface area contributed by atoms with E-state index < -0.39 is 6.10 Å². The van der Waals surface area contributed by atoms with E-state index in [0.717, 1.165) is 4.47 Å². The summed E-state index contributed by atoms with van der Waals surface area (Å²) in [6.45, 7) is 1.57. The van der Waals surface area contributed by atoms with E-state index >= 15 is 0 Å². The third kappa shape index (κ3) is 4.49. The lowest BCUT2D eigenvalue weighted by Crippen LogP contribution is -2.46. The summed E-state index contributed by atoms with van der Waals surface area (Å²) in [4.78, 5) is 13.1. The zero-order valence-corrected chi connectivity index (χ0v) is 12.0. The van der Waals surface area contributed by atoms with Crippen molar-refractivity contribution in [2.24, 2.45) is 0 Å².